The van der Waals surface area contributed by atoms with Gasteiger partial charge in [-0.1, -0.05) is 30.3 Å². The molecule has 0 spiro atoms. The van der Waals surface area contributed by atoms with E-state index < -0.39 is 0 Å². The standard InChI is InChI=1S/C20H23NO3/c1-23-18-7-3-2-5-17(18)14-20(22)21-11-10-15-8-9-19-16(13-15)6-4-12-24-19/h2-3,5,7-9,13H,4,6,10-12,14H2,1H3,(H,21,22). The first-order chi connectivity index (χ1) is 11.8. The lowest BCUT2D eigenvalue weighted by molar-refractivity contribution is -0.120. The Morgan fingerprint density at radius 2 is 2.12 bits per heavy atom. The molecule has 0 radical (unpaired) electrons. The van der Waals surface area contributed by atoms with Crippen LogP contribution in [0.1, 0.15) is 23.1 Å². The van der Waals surface area contributed by atoms with Crippen molar-refractivity contribution in [2.45, 2.75) is 25.7 Å². The highest BCUT2D eigenvalue weighted by Gasteiger charge is 2.11. The minimum Gasteiger partial charge on any atom is -0.496 e. The van der Waals surface area contributed by atoms with E-state index in [1.807, 2.05) is 30.3 Å². The van der Waals surface area contributed by atoms with E-state index in [2.05, 4.69) is 17.4 Å². The number of ether oxygens (including phenoxy) is 2. The SMILES string of the molecule is COc1ccccc1CC(=O)NCCc1ccc2c(c1)CCCO2. The van der Waals surface area contributed by atoms with Crippen LogP contribution in [0.4, 0.5) is 0 Å². The second kappa shape index (κ2) is 7.86. The predicted octanol–water partition coefficient (Wildman–Crippen LogP) is 2.92. The number of aryl methyl sites for hydroxylation is 1. The molecule has 4 nitrogen and oxygen atoms in total. The summed E-state index contributed by atoms with van der Waals surface area (Å²) in [7, 11) is 1.62. The summed E-state index contributed by atoms with van der Waals surface area (Å²) >= 11 is 0. The number of para-hydroxylation sites is 1. The third-order valence-electron chi connectivity index (χ3n) is 4.25. The van der Waals surface area contributed by atoms with Crippen LogP contribution in [0.25, 0.3) is 0 Å². The van der Waals surface area contributed by atoms with Crippen LogP contribution in [0.3, 0.4) is 0 Å². The molecule has 0 saturated heterocycles. The lowest BCUT2D eigenvalue weighted by Crippen LogP contribution is -2.27. The third kappa shape index (κ3) is 4.07. The van der Waals surface area contributed by atoms with Gasteiger partial charge >= 0.3 is 0 Å². The van der Waals surface area contributed by atoms with Crippen molar-refractivity contribution >= 4 is 5.91 Å². The minimum absolute atomic E-state index is 0.0146. The van der Waals surface area contributed by atoms with Gasteiger partial charge in [-0.15, -0.1) is 0 Å². The van der Waals surface area contributed by atoms with E-state index in [9.17, 15) is 4.79 Å². The first-order valence-corrected chi connectivity index (χ1v) is 8.39. The number of rotatable bonds is 6. The average Bonchev–Trinajstić information content (AvgIpc) is 2.62. The Morgan fingerprint density at radius 1 is 1.25 bits per heavy atom. The molecule has 1 aliphatic rings. The fourth-order valence-electron chi connectivity index (χ4n) is 3.00. The fourth-order valence-corrected chi connectivity index (χ4v) is 3.00. The van der Waals surface area contributed by atoms with E-state index in [0.29, 0.717) is 13.0 Å². The monoisotopic (exact) mass is 325 g/mol. The van der Waals surface area contributed by atoms with E-state index in [-0.39, 0.29) is 5.91 Å². The molecule has 0 fully saturated rings. The van der Waals surface area contributed by atoms with E-state index in [1.165, 1.54) is 11.1 Å². The zero-order valence-electron chi connectivity index (χ0n) is 14.0. The molecule has 1 amide bonds. The van der Waals surface area contributed by atoms with Crippen molar-refractivity contribution in [1.29, 1.82) is 0 Å². The molecule has 24 heavy (non-hydrogen) atoms. The normalized spacial score (nSPS) is 12.9. The van der Waals surface area contributed by atoms with Gasteiger partial charge in [-0.25, -0.2) is 0 Å². The lowest BCUT2D eigenvalue weighted by Gasteiger charge is -2.18. The molecule has 0 unspecified atom stereocenters. The van der Waals surface area contributed by atoms with Crippen molar-refractivity contribution in [2.75, 3.05) is 20.3 Å². The zero-order valence-corrected chi connectivity index (χ0v) is 14.0. The van der Waals surface area contributed by atoms with Gasteiger partial charge in [0, 0.05) is 12.1 Å². The van der Waals surface area contributed by atoms with Crippen molar-refractivity contribution in [1.82, 2.24) is 5.32 Å². The quantitative estimate of drug-likeness (QED) is 0.888. The Morgan fingerprint density at radius 3 is 3.00 bits per heavy atom. The van der Waals surface area contributed by atoms with Gasteiger partial charge in [-0.3, -0.25) is 4.79 Å². The topological polar surface area (TPSA) is 47.6 Å². The number of hydrogen-bond acceptors (Lipinski definition) is 3. The molecular formula is C20H23NO3. The number of hydrogen-bond donors (Lipinski definition) is 1. The number of carbonyl (C=O) groups is 1. The van der Waals surface area contributed by atoms with Gasteiger partial charge < -0.3 is 14.8 Å². The average molecular weight is 325 g/mol. The van der Waals surface area contributed by atoms with Gasteiger partial charge in [0.2, 0.25) is 5.91 Å². The molecule has 1 N–H and O–H groups in total. The summed E-state index contributed by atoms with van der Waals surface area (Å²) in [5.41, 5.74) is 3.42. The Bertz CT molecular complexity index is 712. The van der Waals surface area contributed by atoms with Crippen molar-refractivity contribution in [3.05, 3.63) is 59.2 Å². The summed E-state index contributed by atoms with van der Waals surface area (Å²) in [4.78, 5) is 12.1. The summed E-state index contributed by atoms with van der Waals surface area (Å²) in [6, 6.07) is 13.9. The fraction of sp³-hybridized carbons (Fsp3) is 0.350. The van der Waals surface area contributed by atoms with Crippen molar-refractivity contribution in [3.8, 4) is 11.5 Å². The molecule has 4 heteroatoms. The molecular weight excluding hydrogens is 302 g/mol. The molecule has 0 aromatic heterocycles. The highest BCUT2D eigenvalue weighted by atomic mass is 16.5. The summed E-state index contributed by atoms with van der Waals surface area (Å²) in [5, 5.41) is 2.99. The van der Waals surface area contributed by atoms with E-state index in [0.717, 1.165) is 42.9 Å². The van der Waals surface area contributed by atoms with Crippen LogP contribution in [-0.2, 0) is 24.1 Å². The summed E-state index contributed by atoms with van der Waals surface area (Å²) in [6.45, 7) is 1.44. The van der Waals surface area contributed by atoms with Gasteiger partial charge in [-0.2, -0.15) is 0 Å². The van der Waals surface area contributed by atoms with Crippen LogP contribution in [0.5, 0.6) is 11.5 Å². The van der Waals surface area contributed by atoms with Gasteiger partial charge in [0.15, 0.2) is 0 Å². The maximum Gasteiger partial charge on any atom is 0.224 e. The molecule has 1 aliphatic heterocycles. The van der Waals surface area contributed by atoms with Crippen LogP contribution in [0.15, 0.2) is 42.5 Å². The van der Waals surface area contributed by atoms with Crippen LogP contribution >= 0.6 is 0 Å². The van der Waals surface area contributed by atoms with E-state index in [1.54, 1.807) is 7.11 Å². The summed E-state index contributed by atoms with van der Waals surface area (Å²) < 4.78 is 10.9. The van der Waals surface area contributed by atoms with Crippen LogP contribution in [0, 0.1) is 0 Å². The molecule has 126 valence electrons. The van der Waals surface area contributed by atoms with Gasteiger partial charge in [0.1, 0.15) is 11.5 Å². The van der Waals surface area contributed by atoms with Crippen molar-refractivity contribution in [2.24, 2.45) is 0 Å². The summed E-state index contributed by atoms with van der Waals surface area (Å²) in [5.74, 6) is 1.77. The van der Waals surface area contributed by atoms with E-state index in [4.69, 9.17) is 9.47 Å². The Balaban J connectivity index is 1.50. The molecule has 2 aromatic carbocycles. The Hall–Kier alpha value is -2.49. The lowest BCUT2D eigenvalue weighted by atomic mass is 10.0. The molecule has 0 saturated carbocycles. The molecule has 0 bridgehead atoms. The third-order valence-corrected chi connectivity index (χ3v) is 4.25. The van der Waals surface area contributed by atoms with Gasteiger partial charge in [0.05, 0.1) is 20.1 Å². The second-order valence-corrected chi connectivity index (χ2v) is 5.98. The van der Waals surface area contributed by atoms with Gasteiger partial charge in [0.25, 0.3) is 0 Å². The number of nitrogens with one attached hydrogen (secondary N) is 1. The molecule has 2 aromatic rings. The van der Waals surface area contributed by atoms with E-state index >= 15 is 0 Å². The Kier molecular flexibility index (Phi) is 5.36. The minimum atomic E-state index is 0.0146. The molecule has 1 heterocycles. The number of carbonyl (C=O) groups excluding carboxylic acids is 1. The number of methoxy groups -OCH3 is 1. The zero-order chi connectivity index (χ0) is 16.8. The maximum absolute atomic E-state index is 12.1. The number of benzene rings is 2. The highest BCUT2D eigenvalue weighted by molar-refractivity contribution is 5.79. The Labute approximate surface area is 142 Å². The van der Waals surface area contributed by atoms with Gasteiger partial charge in [-0.05, 0) is 42.5 Å². The largest absolute Gasteiger partial charge is 0.496 e. The van der Waals surface area contributed by atoms with Crippen LogP contribution in [-0.4, -0.2) is 26.2 Å². The number of amides is 1. The van der Waals surface area contributed by atoms with Crippen LogP contribution in [0.2, 0.25) is 0 Å². The smallest absolute Gasteiger partial charge is 0.224 e. The summed E-state index contributed by atoms with van der Waals surface area (Å²) in [6.07, 6.45) is 3.31. The molecule has 0 atom stereocenters. The van der Waals surface area contributed by atoms with Crippen LogP contribution < -0.4 is 14.8 Å². The predicted molar refractivity (Wildman–Crippen MR) is 93.7 cm³/mol. The first kappa shape index (κ1) is 16.4. The number of fused-ring (bicyclic) bond motifs is 1. The van der Waals surface area contributed by atoms with Crippen molar-refractivity contribution < 1.29 is 14.3 Å². The first-order valence-electron chi connectivity index (χ1n) is 8.39. The molecule has 3 rings (SSSR count). The highest BCUT2D eigenvalue weighted by Crippen LogP contribution is 2.25. The second-order valence-electron chi connectivity index (χ2n) is 5.98. The molecule has 0 aliphatic carbocycles. The van der Waals surface area contributed by atoms with Crippen molar-refractivity contribution in [3.63, 3.8) is 0 Å². The maximum atomic E-state index is 12.1.